The Hall–Kier alpha value is -4.14. The number of azo groups is 1. The minimum Gasteiger partial charge on any atom is -0.505 e. The quantitative estimate of drug-likeness (QED) is 0.303. The first-order valence-corrected chi connectivity index (χ1v) is 7.53. The molecule has 0 amide bonds. The van der Waals surface area contributed by atoms with Crippen LogP contribution in [0.4, 0.5) is 17.1 Å². The topological polar surface area (TPSA) is 149 Å². The van der Waals surface area contributed by atoms with E-state index in [1.807, 2.05) is 0 Å². The van der Waals surface area contributed by atoms with E-state index in [-0.39, 0.29) is 40.1 Å². The highest BCUT2D eigenvalue weighted by Crippen LogP contribution is 2.40. The van der Waals surface area contributed by atoms with E-state index in [9.17, 15) is 30.5 Å². The van der Waals surface area contributed by atoms with Gasteiger partial charge in [0, 0.05) is 12.1 Å². The third-order valence-corrected chi connectivity index (χ3v) is 3.20. The summed E-state index contributed by atoms with van der Waals surface area (Å²) in [5, 5.41) is 55.1. The van der Waals surface area contributed by atoms with Gasteiger partial charge in [-0.2, -0.15) is 0 Å². The second-order valence-corrected chi connectivity index (χ2v) is 5.08. The fraction of sp³-hybridized carbons (Fsp3) is 0. The molecule has 0 saturated carbocycles. The molecule has 138 valence electrons. The van der Waals surface area contributed by atoms with Crippen molar-refractivity contribution in [3.63, 3.8) is 0 Å². The van der Waals surface area contributed by atoms with E-state index in [1.165, 1.54) is 48.5 Å². The van der Waals surface area contributed by atoms with Crippen LogP contribution in [0.2, 0.25) is 0 Å². The van der Waals surface area contributed by atoms with Crippen LogP contribution in [0.25, 0.3) is 0 Å². The number of non-ortho nitro benzene ring substituents is 1. The number of aromatic hydroxyl groups is 4. The van der Waals surface area contributed by atoms with Crippen molar-refractivity contribution in [3.8, 4) is 23.0 Å². The minimum absolute atomic E-state index is 0.137. The summed E-state index contributed by atoms with van der Waals surface area (Å²) in [5.41, 5.74) is -0.141. The Labute approximate surface area is 153 Å². The van der Waals surface area contributed by atoms with Crippen molar-refractivity contribution < 1.29 is 25.3 Å². The Morgan fingerprint density at radius 3 is 1.30 bits per heavy atom. The summed E-state index contributed by atoms with van der Waals surface area (Å²) < 4.78 is 0. The summed E-state index contributed by atoms with van der Waals surface area (Å²) in [5.74, 6) is -1.02. The monoisotopic (exact) mass is 369 g/mol. The molecule has 0 atom stereocenters. The molecule has 9 heteroatoms. The first-order chi connectivity index (χ1) is 12.9. The molecule has 0 saturated heterocycles. The number of nitrogens with zero attached hydrogens (tertiary/aromatic N) is 3. The molecule has 0 fully saturated rings. The zero-order valence-corrected chi connectivity index (χ0v) is 13.8. The smallest absolute Gasteiger partial charge is 0.269 e. The van der Waals surface area contributed by atoms with Gasteiger partial charge in [0.15, 0.2) is 11.4 Å². The number of phenolic OH excluding ortho intramolecular Hbond substituents is 4. The average molecular weight is 369 g/mol. The maximum Gasteiger partial charge on any atom is 0.269 e. The molecular weight excluding hydrogens is 354 g/mol. The fourth-order valence-corrected chi connectivity index (χ4v) is 1.89. The van der Waals surface area contributed by atoms with Gasteiger partial charge in [0.1, 0.15) is 23.0 Å². The molecule has 3 aromatic carbocycles. The molecule has 0 heterocycles. The summed E-state index contributed by atoms with van der Waals surface area (Å²) >= 11 is 0. The van der Waals surface area contributed by atoms with Gasteiger partial charge >= 0.3 is 0 Å². The molecule has 0 aliphatic heterocycles. The lowest BCUT2D eigenvalue weighted by Crippen LogP contribution is -1.84. The van der Waals surface area contributed by atoms with Crippen molar-refractivity contribution in [1.29, 1.82) is 0 Å². The minimum atomic E-state index is -0.417. The summed E-state index contributed by atoms with van der Waals surface area (Å²) in [6.07, 6.45) is 0. The summed E-state index contributed by atoms with van der Waals surface area (Å²) in [6, 6.07) is 16.2. The van der Waals surface area contributed by atoms with Crippen LogP contribution >= 0.6 is 0 Å². The largest absolute Gasteiger partial charge is 0.505 e. The van der Waals surface area contributed by atoms with E-state index < -0.39 is 4.92 Å². The number of rotatable bonds is 3. The first-order valence-electron chi connectivity index (χ1n) is 7.53. The van der Waals surface area contributed by atoms with Gasteiger partial charge in [-0.05, 0) is 24.3 Å². The third kappa shape index (κ3) is 5.16. The SMILES string of the molecule is O=[N+]([O-])c1ccccc1.Oc1cccc(O)c1N=Nc1c(O)cccc1O. The van der Waals surface area contributed by atoms with E-state index in [1.54, 1.807) is 18.2 Å². The van der Waals surface area contributed by atoms with Gasteiger partial charge in [0.25, 0.3) is 5.69 Å². The van der Waals surface area contributed by atoms with Gasteiger partial charge in [-0.25, -0.2) is 0 Å². The standard InChI is InChI=1S/C12H10N2O4.C6H5NO2/c15-7-3-1-4-8(16)11(7)13-14-12-9(17)5-2-6-10(12)18;8-7(9)6-4-2-1-3-5-6/h1-6,15-18H;1-5H. The normalized spacial score (nSPS) is 10.2. The molecule has 0 radical (unpaired) electrons. The number of hydrogen-bond acceptors (Lipinski definition) is 8. The van der Waals surface area contributed by atoms with Crippen LogP contribution in [-0.2, 0) is 0 Å². The molecule has 0 aliphatic carbocycles. The Bertz CT molecular complexity index is 867. The van der Waals surface area contributed by atoms with Gasteiger partial charge in [-0.1, -0.05) is 30.3 Å². The van der Waals surface area contributed by atoms with Gasteiger partial charge in [-0.15, -0.1) is 10.2 Å². The molecule has 0 spiro atoms. The molecule has 0 bridgehead atoms. The van der Waals surface area contributed by atoms with Crippen LogP contribution in [0.3, 0.4) is 0 Å². The van der Waals surface area contributed by atoms with E-state index in [0.717, 1.165) is 0 Å². The van der Waals surface area contributed by atoms with Gasteiger partial charge in [0.2, 0.25) is 0 Å². The average Bonchev–Trinajstić information content (AvgIpc) is 2.64. The van der Waals surface area contributed by atoms with Crippen molar-refractivity contribution in [2.75, 3.05) is 0 Å². The zero-order chi connectivity index (χ0) is 19.8. The number of para-hydroxylation sites is 1. The second kappa shape index (κ2) is 8.81. The molecule has 0 aromatic heterocycles. The molecule has 4 N–H and O–H groups in total. The fourth-order valence-electron chi connectivity index (χ4n) is 1.89. The number of benzene rings is 3. The van der Waals surface area contributed by atoms with Gasteiger partial charge in [0.05, 0.1) is 4.92 Å². The number of nitro benzene ring substituents is 1. The van der Waals surface area contributed by atoms with Crippen LogP contribution < -0.4 is 0 Å². The van der Waals surface area contributed by atoms with Gasteiger partial charge in [-0.3, -0.25) is 10.1 Å². The predicted molar refractivity (Wildman–Crippen MR) is 96.8 cm³/mol. The van der Waals surface area contributed by atoms with Crippen LogP contribution in [0.15, 0.2) is 77.0 Å². The van der Waals surface area contributed by atoms with Crippen molar-refractivity contribution in [2.24, 2.45) is 10.2 Å². The molecule has 9 nitrogen and oxygen atoms in total. The van der Waals surface area contributed by atoms with Crippen molar-refractivity contribution in [2.45, 2.75) is 0 Å². The predicted octanol–water partition coefficient (Wildman–Crippen LogP) is 4.52. The lowest BCUT2D eigenvalue weighted by molar-refractivity contribution is -0.384. The summed E-state index contributed by atoms with van der Waals surface area (Å²) in [6.45, 7) is 0. The molecule has 3 rings (SSSR count). The number of phenols is 4. The van der Waals surface area contributed by atoms with E-state index in [4.69, 9.17) is 0 Å². The first kappa shape index (κ1) is 19.2. The van der Waals surface area contributed by atoms with E-state index in [0.29, 0.717) is 0 Å². The molecular formula is C18H15N3O6. The Balaban J connectivity index is 0.000000244. The van der Waals surface area contributed by atoms with E-state index in [2.05, 4.69) is 10.2 Å². The van der Waals surface area contributed by atoms with Crippen LogP contribution in [0.1, 0.15) is 0 Å². The third-order valence-electron chi connectivity index (χ3n) is 3.20. The summed E-state index contributed by atoms with van der Waals surface area (Å²) in [7, 11) is 0. The zero-order valence-electron chi connectivity index (χ0n) is 13.8. The van der Waals surface area contributed by atoms with Crippen LogP contribution in [0.5, 0.6) is 23.0 Å². The van der Waals surface area contributed by atoms with Crippen molar-refractivity contribution >= 4 is 17.1 Å². The number of nitro groups is 1. The maximum absolute atomic E-state index is 10.0. The van der Waals surface area contributed by atoms with E-state index >= 15 is 0 Å². The second-order valence-electron chi connectivity index (χ2n) is 5.08. The lowest BCUT2D eigenvalue weighted by atomic mass is 10.2. The Morgan fingerprint density at radius 2 is 1.00 bits per heavy atom. The summed E-state index contributed by atoms with van der Waals surface area (Å²) in [4.78, 5) is 9.59. The molecule has 3 aromatic rings. The van der Waals surface area contributed by atoms with Crippen LogP contribution in [0, 0.1) is 10.1 Å². The highest BCUT2D eigenvalue weighted by atomic mass is 16.6. The van der Waals surface area contributed by atoms with Crippen LogP contribution in [-0.4, -0.2) is 25.3 Å². The molecule has 0 aliphatic rings. The molecule has 0 unspecified atom stereocenters. The Morgan fingerprint density at radius 1 is 0.630 bits per heavy atom. The molecule has 27 heavy (non-hydrogen) atoms. The van der Waals surface area contributed by atoms with Crippen molar-refractivity contribution in [1.82, 2.24) is 0 Å². The highest BCUT2D eigenvalue weighted by molar-refractivity contribution is 5.63. The van der Waals surface area contributed by atoms with Gasteiger partial charge < -0.3 is 20.4 Å². The lowest BCUT2D eigenvalue weighted by Gasteiger charge is -2.02. The Kier molecular flexibility index (Phi) is 6.26. The highest BCUT2D eigenvalue weighted by Gasteiger charge is 2.08. The maximum atomic E-state index is 10.0. The number of hydrogen-bond donors (Lipinski definition) is 4. The van der Waals surface area contributed by atoms with Crippen molar-refractivity contribution in [3.05, 3.63) is 76.8 Å².